The number of carbonyl (C=O) groups is 1. The summed E-state index contributed by atoms with van der Waals surface area (Å²) in [7, 11) is -3.32. The van der Waals surface area contributed by atoms with Gasteiger partial charge < -0.3 is 14.4 Å². The largest absolute Gasteiger partial charge is 0.377 e. The molecule has 0 aromatic carbocycles. The quantitative estimate of drug-likeness (QED) is 0.651. The Bertz CT molecular complexity index is 583. The third-order valence-corrected chi connectivity index (χ3v) is 5.95. The zero-order chi connectivity index (χ0) is 16.5. The molecule has 7 nitrogen and oxygen atoms in total. The molecule has 2 fully saturated rings. The summed E-state index contributed by atoms with van der Waals surface area (Å²) in [6, 6.07) is 0. The number of rotatable bonds is 2. The van der Waals surface area contributed by atoms with Crippen molar-refractivity contribution in [3.05, 3.63) is 12.2 Å². The highest BCUT2D eigenvalue weighted by Crippen LogP contribution is 2.27. The monoisotopic (exact) mass is 344 g/mol. The van der Waals surface area contributed by atoms with Crippen LogP contribution in [0.1, 0.15) is 12.8 Å². The van der Waals surface area contributed by atoms with E-state index in [-0.39, 0.29) is 18.4 Å². The first-order valence-electron chi connectivity index (χ1n) is 8.00. The first-order chi connectivity index (χ1) is 10.9. The second-order valence-electron chi connectivity index (χ2n) is 6.58. The number of allylic oxidation sites excluding steroid dienone is 2. The Labute approximate surface area is 137 Å². The molecule has 1 spiro atoms. The highest BCUT2D eigenvalue weighted by atomic mass is 32.2. The zero-order valence-corrected chi connectivity index (χ0v) is 14.3. The number of hydrogen-bond donors (Lipinski definition) is 0. The van der Waals surface area contributed by atoms with Gasteiger partial charge in [0.25, 0.3) is 0 Å². The molecule has 3 aliphatic rings. The molecule has 0 saturated carbocycles. The van der Waals surface area contributed by atoms with Crippen molar-refractivity contribution in [2.45, 2.75) is 18.4 Å². The van der Waals surface area contributed by atoms with Gasteiger partial charge in [-0.05, 0) is 12.8 Å². The summed E-state index contributed by atoms with van der Waals surface area (Å²) in [5.74, 6) is 0.149. The Balaban J connectivity index is 1.73. The third-order valence-electron chi connectivity index (χ3n) is 4.70. The number of nitrogens with zero attached hydrogens (tertiary/aromatic N) is 2. The van der Waals surface area contributed by atoms with E-state index < -0.39 is 15.6 Å². The van der Waals surface area contributed by atoms with E-state index >= 15 is 0 Å². The molecule has 0 N–H and O–H groups in total. The minimum atomic E-state index is -3.32. The first-order valence-corrected chi connectivity index (χ1v) is 9.85. The van der Waals surface area contributed by atoms with Gasteiger partial charge >= 0.3 is 0 Å². The maximum atomic E-state index is 12.6. The van der Waals surface area contributed by atoms with Crippen molar-refractivity contribution in [2.24, 2.45) is 5.92 Å². The maximum Gasteiger partial charge on any atom is 0.226 e. The second kappa shape index (κ2) is 6.51. The van der Waals surface area contributed by atoms with Crippen LogP contribution in [0, 0.1) is 5.92 Å². The fourth-order valence-electron chi connectivity index (χ4n) is 3.45. The van der Waals surface area contributed by atoms with E-state index in [2.05, 4.69) is 0 Å². The van der Waals surface area contributed by atoms with Gasteiger partial charge in [-0.1, -0.05) is 12.2 Å². The van der Waals surface area contributed by atoms with Gasteiger partial charge in [0.2, 0.25) is 15.9 Å². The van der Waals surface area contributed by atoms with Crippen LogP contribution < -0.4 is 0 Å². The Kier molecular flexibility index (Phi) is 4.78. The van der Waals surface area contributed by atoms with Gasteiger partial charge in [-0.3, -0.25) is 4.79 Å². The first kappa shape index (κ1) is 16.9. The smallest absolute Gasteiger partial charge is 0.226 e. The summed E-state index contributed by atoms with van der Waals surface area (Å²) in [6.45, 7) is 2.56. The van der Waals surface area contributed by atoms with Crippen molar-refractivity contribution in [3.8, 4) is 0 Å². The molecule has 1 atom stereocenters. The molecule has 0 aromatic heterocycles. The van der Waals surface area contributed by atoms with Crippen molar-refractivity contribution < 1.29 is 22.7 Å². The van der Waals surface area contributed by atoms with Gasteiger partial charge in [0.05, 0.1) is 32.6 Å². The molecule has 23 heavy (non-hydrogen) atoms. The minimum Gasteiger partial charge on any atom is -0.377 e. The van der Waals surface area contributed by atoms with Crippen LogP contribution in [0.2, 0.25) is 0 Å². The SMILES string of the molecule is CS(=O)(=O)N1CCOCC2(CN(C(=O)C3CC=CC3)CCO2)C1. The second-order valence-corrected chi connectivity index (χ2v) is 8.56. The minimum absolute atomic E-state index is 0.0165. The van der Waals surface area contributed by atoms with E-state index in [0.717, 1.165) is 12.8 Å². The van der Waals surface area contributed by atoms with E-state index in [4.69, 9.17) is 9.47 Å². The molecule has 0 aromatic rings. The van der Waals surface area contributed by atoms with E-state index in [9.17, 15) is 13.2 Å². The van der Waals surface area contributed by atoms with Gasteiger partial charge in [-0.25, -0.2) is 8.42 Å². The van der Waals surface area contributed by atoms with Gasteiger partial charge in [0, 0.05) is 25.6 Å². The Hall–Kier alpha value is -0.960. The Morgan fingerprint density at radius 3 is 2.61 bits per heavy atom. The van der Waals surface area contributed by atoms with Gasteiger partial charge in [-0.15, -0.1) is 0 Å². The molecule has 0 bridgehead atoms. The molecule has 0 radical (unpaired) electrons. The predicted octanol–water partition coefficient (Wildman–Crippen LogP) is -0.158. The molecule has 8 heteroatoms. The van der Waals surface area contributed by atoms with Gasteiger partial charge in [0.1, 0.15) is 5.60 Å². The van der Waals surface area contributed by atoms with Crippen LogP contribution in [-0.4, -0.2) is 81.4 Å². The van der Waals surface area contributed by atoms with E-state index in [1.54, 1.807) is 0 Å². The van der Waals surface area contributed by atoms with Crippen molar-refractivity contribution in [1.29, 1.82) is 0 Å². The van der Waals surface area contributed by atoms with Gasteiger partial charge in [0.15, 0.2) is 0 Å². The van der Waals surface area contributed by atoms with Crippen LogP contribution in [0.4, 0.5) is 0 Å². The lowest BCUT2D eigenvalue weighted by atomic mass is 9.99. The fraction of sp³-hybridized carbons (Fsp3) is 0.800. The number of ether oxygens (including phenoxy) is 2. The van der Waals surface area contributed by atoms with Crippen molar-refractivity contribution in [2.75, 3.05) is 52.3 Å². The number of carbonyl (C=O) groups excluding carboxylic acids is 1. The molecular weight excluding hydrogens is 320 g/mol. The van der Waals surface area contributed by atoms with E-state index in [1.165, 1.54) is 10.6 Å². The summed E-state index contributed by atoms with van der Waals surface area (Å²) >= 11 is 0. The number of hydrogen-bond acceptors (Lipinski definition) is 5. The molecule has 3 rings (SSSR count). The zero-order valence-electron chi connectivity index (χ0n) is 13.4. The predicted molar refractivity (Wildman–Crippen MR) is 84.4 cm³/mol. The topological polar surface area (TPSA) is 76.2 Å². The molecule has 1 aliphatic carbocycles. The van der Waals surface area contributed by atoms with Crippen molar-refractivity contribution in [1.82, 2.24) is 9.21 Å². The van der Waals surface area contributed by atoms with Crippen LogP contribution in [0.25, 0.3) is 0 Å². The molecule has 2 heterocycles. The van der Waals surface area contributed by atoms with E-state index in [0.29, 0.717) is 39.5 Å². The van der Waals surface area contributed by atoms with Crippen LogP contribution in [0.3, 0.4) is 0 Å². The van der Waals surface area contributed by atoms with E-state index in [1.807, 2.05) is 17.1 Å². The summed E-state index contributed by atoms with van der Waals surface area (Å²) < 4.78 is 36.7. The third kappa shape index (κ3) is 3.76. The summed E-state index contributed by atoms with van der Waals surface area (Å²) in [5.41, 5.74) is -0.764. The number of sulfonamides is 1. The fourth-order valence-corrected chi connectivity index (χ4v) is 4.32. The highest BCUT2D eigenvalue weighted by molar-refractivity contribution is 7.88. The number of amides is 1. The maximum absolute atomic E-state index is 12.6. The number of morpholine rings is 1. The average Bonchev–Trinajstić information content (AvgIpc) is 2.95. The van der Waals surface area contributed by atoms with Crippen LogP contribution in [0.5, 0.6) is 0 Å². The Morgan fingerprint density at radius 2 is 1.91 bits per heavy atom. The summed E-state index contributed by atoms with van der Waals surface area (Å²) in [6.07, 6.45) is 6.85. The lowest BCUT2D eigenvalue weighted by Crippen LogP contribution is -2.60. The average molecular weight is 344 g/mol. The standard InChI is InChI=1S/C15H24N2O5S/c1-23(19,20)17-7-8-21-12-15(11-17)10-16(6-9-22-15)14(18)13-4-2-3-5-13/h2-3,13H,4-12H2,1H3. The van der Waals surface area contributed by atoms with Crippen LogP contribution >= 0.6 is 0 Å². The Morgan fingerprint density at radius 1 is 1.17 bits per heavy atom. The van der Waals surface area contributed by atoms with Crippen molar-refractivity contribution >= 4 is 15.9 Å². The highest BCUT2D eigenvalue weighted by Gasteiger charge is 2.44. The molecule has 130 valence electrons. The summed E-state index contributed by atoms with van der Waals surface area (Å²) in [4.78, 5) is 14.5. The molecule has 2 saturated heterocycles. The molecule has 2 aliphatic heterocycles. The van der Waals surface area contributed by atoms with Crippen LogP contribution in [-0.2, 0) is 24.3 Å². The molecule has 1 amide bonds. The lowest BCUT2D eigenvalue weighted by Gasteiger charge is -2.43. The van der Waals surface area contributed by atoms with Crippen LogP contribution in [0.15, 0.2) is 12.2 Å². The molecule has 1 unspecified atom stereocenters. The van der Waals surface area contributed by atoms with Gasteiger partial charge in [-0.2, -0.15) is 4.31 Å². The normalized spacial score (nSPS) is 30.7. The lowest BCUT2D eigenvalue weighted by molar-refractivity contribution is -0.162. The molecular formula is C15H24N2O5S. The van der Waals surface area contributed by atoms with Crippen molar-refractivity contribution in [3.63, 3.8) is 0 Å². The summed E-state index contributed by atoms with van der Waals surface area (Å²) in [5, 5.41) is 0.